The fraction of sp³-hybridized carbons (Fsp3) is 0.652. The van der Waals surface area contributed by atoms with E-state index in [-0.39, 0.29) is 17.9 Å². The van der Waals surface area contributed by atoms with Crippen LogP contribution in [0.1, 0.15) is 64.0 Å². The molecule has 0 atom stereocenters. The molecular weight excluding hydrogens is 364 g/mol. The lowest BCUT2D eigenvalue weighted by Gasteiger charge is -2.32. The number of carbonyl (C=O) groups is 1. The van der Waals surface area contributed by atoms with Gasteiger partial charge < -0.3 is 20.6 Å². The summed E-state index contributed by atoms with van der Waals surface area (Å²) in [5.74, 6) is 1.07. The Kier molecular flexibility index (Phi) is 9.45. The first-order chi connectivity index (χ1) is 14.1. The van der Waals surface area contributed by atoms with E-state index in [9.17, 15) is 9.90 Å². The van der Waals surface area contributed by atoms with Crippen LogP contribution in [0.15, 0.2) is 29.3 Å². The molecule has 0 bridgehead atoms. The average molecular weight is 403 g/mol. The quantitative estimate of drug-likeness (QED) is 0.393. The zero-order valence-electron chi connectivity index (χ0n) is 18.3. The SMILES string of the molecule is CCNC(=NCc1ccc(CN2CCCC2=O)cc1)NCC(CC)(CC)CCO. The number of amides is 1. The molecular formula is C23H38N4O2. The Morgan fingerprint density at radius 3 is 2.38 bits per heavy atom. The van der Waals surface area contributed by atoms with Crippen LogP contribution in [0.4, 0.5) is 0 Å². The van der Waals surface area contributed by atoms with E-state index in [2.05, 4.69) is 55.7 Å². The lowest BCUT2D eigenvalue weighted by atomic mass is 9.79. The largest absolute Gasteiger partial charge is 0.396 e. The van der Waals surface area contributed by atoms with Gasteiger partial charge >= 0.3 is 0 Å². The number of aliphatic imine (C=N–C) groups is 1. The summed E-state index contributed by atoms with van der Waals surface area (Å²) in [6.45, 7) is 10.4. The topological polar surface area (TPSA) is 77.0 Å². The van der Waals surface area contributed by atoms with Crippen LogP contribution in [0.3, 0.4) is 0 Å². The summed E-state index contributed by atoms with van der Waals surface area (Å²) < 4.78 is 0. The van der Waals surface area contributed by atoms with Gasteiger partial charge in [0.2, 0.25) is 5.91 Å². The molecule has 0 saturated carbocycles. The maximum absolute atomic E-state index is 11.8. The summed E-state index contributed by atoms with van der Waals surface area (Å²) in [7, 11) is 0. The number of benzene rings is 1. The lowest BCUT2D eigenvalue weighted by molar-refractivity contribution is -0.128. The van der Waals surface area contributed by atoms with Crippen LogP contribution in [-0.2, 0) is 17.9 Å². The first-order valence-corrected chi connectivity index (χ1v) is 11.0. The maximum Gasteiger partial charge on any atom is 0.222 e. The zero-order chi connectivity index (χ0) is 21.1. The second-order valence-corrected chi connectivity index (χ2v) is 7.96. The van der Waals surface area contributed by atoms with Gasteiger partial charge in [-0.1, -0.05) is 38.1 Å². The monoisotopic (exact) mass is 402 g/mol. The van der Waals surface area contributed by atoms with Crippen LogP contribution in [0.25, 0.3) is 0 Å². The van der Waals surface area contributed by atoms with Crippen LogP contribution in [0.5, 0.6) is 0 Å². The number of guanidine groups is 1. The van der Waals surface area contributed by atoms with Crippen molar-refractivity contribution in [1.29, 1.82) is 0 Å². The first kappa shape index (κ1) is 23.2. The smallest absolute Gasteiger partial charge is 0.222 e. The number of hydrogen-bond donors (Lipinski definition) is 3. The molecule has 1 aromatic carbocycles. The molecule has 29 heavy (non-hydrogen) atoms. The molecule has 1 fully saturated rings. The Morgan fingerprint density at radius 1 is 1.14 bits per heavy atom. The van der Waals surface area contributed by atoms with Crippen LogP contribution in [-0.4, -0.2) is 48.1 Å². The number of hydrogen-bond acceptors (Lipinski definition) is 3. The molecule has 1 aromatic rings. The van der Waals surface area contributed by atoms with E-state index in [1.807, 2.05) is 4.90 Å². The maximum atomic E-state index is 11.8. The number of nitrogens with zero attached hydrogens (tertiary/aromatic N) is 2. The summed E-state index contributed by atoms with van der Waals surface area (Å²) in [6, 6.07) is 8.38. The molecule has 1 aliphatic heterocycles. The normalized spacial score (nSPS) is 15.1. The Balaban J connectivity index is 1.94. The summed E-state index contributed by atoms with van der Waals surface area (Å²) in [4.78, 5) is 18.4. The summed E-state index contributed by atoms with van der Waals surface area (Å²) in [5, 5.41) is 16.2. The van der Waals surface area contributed by atoms with Crippen molar-refractivity contribution in [3.8, 4) is 0 Å². The van der Waals surface area contributed by atoms with Crippen LogP contribution < -0.4 is 10.6 Å². The van der Waals surface area contributed by atoms with E-state index < -0.39 is 0 Å². The highest BCUT2D eigenvalue weighted by molar-refractivity contribution is 5.79. The molecule has 1 aliphatic rings. The Bertz CT molecular complexity index is 653. The molecule has 0 aliphatic carbocycles. The van der Waals surface area contributed by atoms with E-state index in [1.54, 1.807) is 0 Å². The number of likely N-dealkylation sites (tertiary alicyclic amines) is 1. The van der Waals surface area contributed by atoms with Gasteiger partial charge in [0.05, 0.1) is 6.54 Å². The second kappa shape index (κ2) is 11.8. The standard InChI is InChI=1S/C23H38N4O2/c1-4-23(5-2,13-15-28)18-26-22(24-6-3)25-16-19-9-11-20(12-10-19)17-27-14-7-8-21(27)29/h9-12,28H,4-8,13-18H2,1-3H3,(H2,24,25,26). The van der Waals surface area contributed by atoms with Crippen molar-refractivity contribution < 1.29 is 9.90 Å². The fourth-order valence-electron chi connectivity index (χ4n) is 3.80. The van der Waals surface area contributed by atoms with Gasteiger partial charge in [-0.05, 0) is 49.1 Å². The van der Waals surface area contributed by atoms with E-state index in [1.165, 1.54) is 0 Å². The lowest BCUT2D eigenvalue weighted by Crippen LogP contribution is -2.43. The van der Waals surface area contributed by atoms with E-state index >= 15 is 0 Å². The highest BCUT2D eigenvalue weighted by Gasteiger charge is 2.25. The van der Waals surface area contributed by atoms with E-state index in [0.717, 1.165) is 62.4 Å². The Labute approximate surface area is 175 Å². The molecule has 162 valence electrons. The summed E-state index contributed by atoms with van der Waals surface area (Å²) >= 11 is 0. The molecule has 1 heterocycles. The Morgan fingerprint density at radius 2 is 1.83 bits per heavy atom. The first-order valence-electron chi connectivity index (χ1n) is 11.0. The molecule has 2 rings (SSSR count). The van der Waals surface area contributed by atoms with Gasteiger partial charge in [0.1, 0.15) is 0 Å². The van der Waals surface area contributed by atoms with Crippen molar-refractivity contribution in [1.82, 2.24) is 15.5 Å². The van der Waals surface area contributed by atoms with Crippen molar-refractivity contribution in [3.63, 3.8) is 0 Å². The minimum atomic E-state index is 0.0968. The predicted octanol–water partition coefficient (Wildman–Crippen LogP) is 3.05. The number of nitrogens with one attached hydrogen (secondary N) is 2. The number of aliphatic hydroxyl groups is 1. The van der Waals surface area contributed by atoms with Gasteiger partial charge in [0.15, 0.2) is 5.96 Å². The zero-order valence-corrected chi connectivity index (χ0v) is 18.3. The average Bonchev–Trinajstić information content (AvgIpc) is 3.14. The van der Waals surface area contributed by atoms with Crippen molar-refractivity contribution in [2.75, 3.05) is 26.2 Å². The summed E-state index contributed by atoms with van der Waals surface area (Å²) in [6.07, 6.45) is 4.51. The van der Waals surface area contributed by atoms with Crippen LogP contribution in [0, 0.1) is 5.41 Å². The highest BCUT2D eigenvalue weighted by atomic mass is 16.3. The Hall–Kier alpha value is -2.08. The predicted molar refractivity (Wildman–Crippen MR) is 119 cm³/mol. The van der Waals surface area contributed by atoms with Crippen LogP contribution in [0.2, 0.25) is 0 Å². The second-order valence-electron chi connectivity index (χ2n) is 7.96. The fourth-order valence-corrected chi connectivity index (χ4v) is 3.80. The molecule has 1 saturated heterocycles. The number of carbonyl (C=O) groups excluding carboxylic acids is 1. The minimum Gasteiger partial charge on any atom is -0.396 e. The molecule has 6 nitrogen and oxygen atoms in total. The highest BCUT2D eigenvalue weighted by Crippen LogP contribution is 2.29. The van der Waals surface area contributed by atoms with Gasteiger partial charge in [-0.15, -0.1) is 0 Å². The molecule has 0 unspecified atom stereocenters. The third-order valence-corrected chi connectivity index (χ3v) is 6.10. The van der Waals surface area contributed by atoms with Gasteiger partial charge in [-0.3, -0.25) is 4.79 Å². The molecule has 0 radical (unpaired) electrons. The van der Waals surface area contributed by atoms with Gasteiger partial charge in [-0.2, -0.15) is 0 Å². The number of aliphatic hydroxyl groups excluding tert-OH is 1. The van der Waals surface area contributed by atoms with Gasteiger partial charge in [-0.25, -0.2) is 4.99 Å². The third-order valence-electron chi connectivity index (χ3n) is 6.10. The molecule has 0 aromatic heterocycles. The molecule has 0 spiro atoms. The number of rotatable bonds is 11. The summed E-state index contributed by atoms with van der Waals surface area (Å²) in [5.41, 5.74) is 2.41. The van der Waals surface area contributed by atoms with Crippen molar-refractivity contribution >= 4 is 11.9 Å². The van der Waals surface area contributed by atoms with E-state index in [0.29, 0.717) is 19.5 Å². The molecule has 3 N–H and O–H groups in total. The van der Waals surface area contributed by atoms with Crippen molar-refractivity contribution in [2.45, 2.75) is 66.0 Å². The molecule has 6 heteroatoms. The minimum absolute atomic E-state index is 0.0968. The molecule has 1 amide bonds. The third kappa shape index (κ3) is 7.03. The van der Waals surface area contributed by atoms with Gasteiger partial charge in [0.25, 0.3) is 0 Å². The van der Waals surface area contributed by atoms with Crippen molar-refractivity contribution in [2.24, 2.45) is 10.4 Å². The van der Waals surface area contributed by atoms with Gasteiger partial charge in [0, 0.05) is 39.2 Å². The van der Waals surface area contributed by atoms with E-state index in [4.69, 9.17) is 4.99 Å². The van der Waals surface area contributed by atoms with Crippen molar-refractivity contribution in [3.05, 3.63) is 35.4 Å². The van der Waals surface area contributed by atoms with Crippen LogP contribution >= 0.6 is 0 Å².